The molecule has 2 heteroatoms. The highest BCUT2D eigenvalue weighted by atomic mass is 16.3. The lowest BCUT2D eigenvalue weighted by Gasteiger charge is -2.33. The van der Waals surface area contributed by atoms with Crippen molar-refractivity contribution in [3.8, 4) is 0 Å². The first-order valence-corrected chi connectivity index (χ1v) is 8.63. The summed E-state index contributed by atoms with van der Waals surface area (Å²) in [6, 6.07) is 6.46. The Labute approximate surface area is 146 Å². The van der Waals surface area contributed by atoms with Gasteiger partial charge in [0.15, 0.2) is 5.78 Å². The van der Waals surface area contributed by atoms with E-state index in [2.05, 4.69) is 59.7 Å². The third kappa shape index (κ3) is 3.54. The first-order valence-electron chi connectivity index (χ1n) is 8.63. The van der Waals surface area contributed by atoms with Crippen molar-refractivity contribution >= 4 is 11.4 Å². The van der Waals surface area contributed by atoms with E-state index in [1.807, 2.05) is 12.2 Å². The second-order valence-corrected chi connectivity index (χ2v) is 8.91. The van der Waals surface area contributed by atoms with E-state index in [0.717, 1.165) is 5.57 Å². The molecule has 1 aliphatic rings. The van der Waals surface area contributed by atoms with Gasteiger partial charge in [-0.05, 0) is 46.1 Å². The second-order valence-electron chi connectivity index (χ2n) is 8.91. The minimum atomic E-state index is -1.35. The van der Waals surface area contributed by atoms with Crippen LogP contribution >= 0.6 is 0 Å². The molecule has 1 aromatic rings. The van der Waals surface area contributed by atoms with Gasteiger partial charge in [-0.2, -0.15) is 0 Å². The molecule has 1 unspecified atom stereocenters. The number of Topliss-reactive ketones (excluding diaryl/α,β-unsaturated/α-hetero) is 1. The summed E-state index contributed by atoms with van der Waals surface area (Å²) in [6.07, 6.45) is 5.85. The topological polar surface area (TPSA) is 37.3 Å². The van der Waals surface area contributed by atoms with Crippen LogP contribution < -0.4 is 0 Å². The van der Waals surface area contributed by atoms with Crippen LogP contribution in [0.4, 0.5) is 0 Å². The van der Waals surface area contributed by atoms with Crippen molar-refractivity contribution in [1.82, 2.24) is 0 Å². The van der Waals surface area contributed by atoms with Crippen LogP contribution in [0.3, 0.4) is 0 Å². The SMILES string of the molecule is CC(=O)C1(O)C=CC(c2cccc(C(C)(C)C)c2C(C)(C)C)=CC1. The van der Waals surface area contributed by atoms with E-state index in [0.29, 0.717) is 6.42 Å². The third-order valence-corrected chi connectivity index (χ3v) is 4.71. The van der Waals surface area contributed by atoms with E-state index in [1.54, 1.807) is 6.08 Å². The summed E-state index contributed by atoms with van der Waals surface area (Å²) < 4.78 is 0. The lowest BCUT2D eigenvalue weighted by atomic mass is 9.71. The molecular weight excluding hydrogens is 296 g/mol. The first-order chi connectivity index (χ1) is 10.9. The number of hydrogen-bond donors (Lipinski definition) is 1. The van der Waals surface area contributed by atoms with Crippen molar-refractivity contribution in [2.45, 2.75) is 71.3 Å². The van der Waals surface area contributed by atoms with Gasteiger partial charge in [-0.25, -0.2) is 0 Å². The van der Waals surface area contributed by atoms with Crippen molar-refractivity contribution in [2.24, 2.45) is 0 Å². The number of benzene rings is 1. The van der Waals surface area contributed by atoms with Crippen LogP contribution in [0, 0.1) is 0 Å². The molecule has 24 heavy (non-hydrogen) atoms. The summed E-state index contributed by atoms with van der Waals surface area (Å²) in [7, 11) is 0. The van der Waals surface area contributed by atoms with Gasteiger partial charge in [-0.3, -0.25) is 4.79 Å². The zero-order chi connectivity index (χ0) is 18.3. The quantitative estimate of drug-likeness (QED) is 0.835. The molecule has 0 aromatic heterocycles. The predicted molar refractivity (Wildman–Crippen MR) is 101 cm³/mol. The zero-order valence-electron chi connectivity index (χ0n) is 16.0. The van der Waals surface area contributed by atoms with E-state index in [9.17, 15) is 9.90 Å². The highest BCUT2D eigenvalue weighted by Crippen LogP contribution is 2.40. The van der Waals surface area contributed by atoms with Crippen LogP contribution in [-0.2, 0) is 15.6 Å². The highest BCUT2D eigenvalue weighted by molar-refractivity contribution is 5.90. The average molecular weight is 326 g/mol. The van der Waals surface area contributed by atoms with Crippen molar-refractivity contribution in [1.29, 1.82) is 0 Å². The molecule has 0 saturated heterocycles. The lowest BCUT2D eigenvalue weighted by Crippen LogP contribution is -2.35. The maximum absolute atomic E-state index is 11.6. The van der Waals surface area contributed by atoms with Crippen molar-refractivity contribution < 1.29 is 9.90 Å². The summed E-state index contributed by atoms with van der Waals surface area (Å²) in [4.78, 5) is 11.6. The van der Waals surface area contributed by atoms with Gasteiger partial charge in [0, 0.05) is 6.42 Å². The summed E-state index contributed by atoms with van der Waals surface area (Å²) in [5, 5.41) is 10.3. The Kier molecular flexibility index (Phi) is 4.67. The average Bonchev–Trinajstić information content (AvgIpc) is 2.45. The lowest BCUT2D eigenvalue weighted by molar-refractivity contribution is -0.130. The number of hydrogen-bond acceptors (Lipinski definition) is 2. The predicted octanol–water partition coefficient (Wildman–Crippen LogP) is 4.95. The molecule has 1 atom stereocenters. The molecule has 2 rings (SSSR count). The molecule has 0 bridgehead atoms. The largest absolute Gasteiger partial charge is 0.378 e. The van der Waals surface area contributed by atoms with E-state index in [4.69, 9.17) is 0 Å². The number of ketones is 1. The fourth-order valence-electron chi connectivity index (χ4n) is 3.32. The standard InChI is InChI=1S/C22H30O2/c1-15(23)22(24)13-11-16(12-14-22)17-9-8-10-18(20(2,3)4)19(17)21(5,6)7/h8-13,24H,14H2,1-7H3. The van der Waals surface area contributed by atoms with Crippen LogP contribution in [0.5, 0.6) is 0 Å². The Morgan fingerprint density at radius 3 is 2.12 bits per heavy atom. The monoisotopic (exact) mass is 326 g/mol. The molecule has 1 aliphatic carbocycles. The molecule has 0 fully saturated rings. The molecule has 1 aromatic carbocycles. The number of carbonyl (C=O) groups excluding carboxylic acids is 1. The fourth-order valence-corrected chi connectivity index (χ4v) is 3.32. The number of rotatable bonds is 2. The molecule has 1 N–H and O–H groups in total. The zero-order valence-corrected chi connectivity index (χ0v) is 16.0. The van der Waals surface area contributed by atoms with E-state index < -0.39 is 5.60 Å². The van der Waals surface area contributed by atoms with Gasteiger partial charge in [-0.15, -0.1) is 0 Å². The fraction of sp³-hybridized carbons (Fsp3) is 0.500. The normalized spacial score (nSPS) is 21.6. The molecule has 130 valence electrons. The summed E-state index contributed by atoms with van der Waals surface area (Å²) in [5.74, 6) is -0.214. The van der Waals surface area contributed by atoms with Gasteiger partial charge < -0.3 is 5.11 Å². The minimum Gasteiger partial charge on any atom is -0.378 e. The summed E-state index contributed by atoms with van der Waals surface area (Å²) in [5.41, 5.74) is 3.65. The van der Waals surface area contributed by atoms with Gasteiger partial charge in [-0.1, -0.05) is 71.9 Å². The smallest absolute Gasteiger partial charge is 0.165 e. The highest BCUT2D eigenvalue weighted by Gasteiger charge is 2.32. The van der Waals surface area contributed by atoms with Crippen LogP contribution in [-0.4, -0.2) is 16.5 Å². The van der Waals surface area contributed by atoms with E-state index in [-0.39, 0.29) is 16.6 Å². The molecular formula is C22H30O2. The molecule has 2 nitrogen and oxygen atoms in total. The van der Waals surface area contributed by atoms with Crippen LogP contribution in [0.2, 0.25) is 0 Å². The maximum Gasteiger partial charge on any atom is 0.165 e. The number of carbonyl (C=O) groups is 1. The maximum atomic E-state index is 11.6. The van der Waals surface area contributed by atoms with Crippen molar-refractivity contribution in [2.75, 3.05) is 0 Å². The molecule has 0 radical (unpaired) electrons. The number of aliphatic hydroxyl groups is 1. The molecule has 0 saturated carbocycles. The molecule has 0 spiro atoms. The Morgan fingerprint density at radius 1 is 1.08 bits per heavy atom. The molecule has 0 aliphatic heterocycles. The Bertz CT molecular complexity index is 708. The molecule has 0 amide bonds. The van der Waals surface area contributed by atoms with Crippen molar-refractivity contribution in [3.63, 3.8) is 0 Å². The minimum absolute atomic E-state index is 0.00220. The van der Waals surface area contributed by atoms with Crippen LogP contribution in [0.15, 0.2) is 36.4 Å². The van der Waals surface area contributed by atoms with Gasteiger partial charge >= 0.3 is 0 Å². The van der Waals surface area contributed by atoms with Crippen LogP contribution in [0.25, 0.3) is 5.57 Å². The van der Waals surface area contributed by atoms with Gasteiger partial charge in [0.05, 0.1) is 0 Å². The Hall–Kier alpha value is -1.67. The van der Waals surface area contributed by atoms with Gasteiger partial charge in [0.2, 0.25) is 0 Å². The Morgan fingerprint density at radius 2 is 1.71 bits per heavy atom. The van der Waals surface area contributed by atoms with Crippen molar-refractivity contribution in [3.05, 3.63) is 53.1 Å². The summed E-state index contributed by atoms with van der Waals surface area (Å²) >= 11 is 0. The second kappa shape index (κ2) is 6.00. The third-order valence-electron chi connectivity index (χ3n) is 4.71. The van der Waals surface area contributed by atoms with Gasteiger partial charge in [0.25, 0.3) is 0 Å². The summed E-state index contributed by atoms with van der Waals surface area (Å²) in [6.45, 7) is 14.9. The number of allylic oxidation sites excluding steroid dienone is 2. The first kappa shape index (κ1) is 18.7. The van der Waals surface area contributed by atoms with Gasteiger partial charge in [0.1, 0.15) is 5.60 Å². The van der Waals surface area contributed by atoms with E-state index in [1.165, 1.54) is 23.6 Å². The Balaban J connectivity index is 2.60. The molecule has 0 heterocycles. The van der Waals surface area contributed by atoms with Crippen LogP contribution in [0.1, 0.15) is 71.6 Å². The van der Waals surface area contributed by atoms with E-state index >= 15 is 0 Å².